The van der Waals surface area contributed by atoms with Crippen LogP contribution in [-0.4, -0.2) is 9.97 Å². The molecule has 0 saturated carbocycles. The molecule has 0 aliphatic carbocycles. The van der Waals surface area contributed by atoms with E-state index < -0.39 is 0 Å². The molecule has 0 radical (unpaired) electrons. The number of pyridine rings is 2. The number of nitrogens with zero attached hydrogens (tertiary/aromatic N) is 2. The Bertz CT molecular complexity index is 1480. The molecule has 6 rings (SSSR count). The molecule has 4 aromatic carbocycles. The van der Waals surface area contributed by atoms with Gasteiger partial charge in [-0.15, -0.1) is 0 Å². The second-order valence-electron chi connectivity index (χ2n) is 6.73. The highest BCUT2D eigenvalue weighted by molar-refractivity contribution is 6.20. The van der Waals surface area contributed by atoms with Crippen molar-refractivity contribution in [2.45, 2.75) is 0 Å². The number of hydrogen-bond acceptors (Lipinski definition) is 2. The van der Waals surface area contributed by atoms with E-state index in [9.17, 15) is 0 Å². The zero-order valence-electron chi connectivity index (χ0n) is 14.0. The van der Waals surface area contributed by atoms with E-state index in [2.05, 4.69) is 70.6 Å². The van der Waals surface area contributed by atoms with Gasteiger partial charge in [-0.25, -0.2) is 0 Å². The topological polar surface area (TPSA) is 25.8 Å². The first kappa shape index (κ1) is 13.7. The lowest BCUT2D eigenvalue weighted by Crippen LogP contribution is -1.85. The summed E-state index contributed by atoms with van der Waals surface area (Å²) >= 11 is 0. The quantitative estimate of drug-likeness (QED) is 0.243. The molecule has 0 atom stereocenters. The van der Waals surface area contributed by atoms with E-state index in [0.717, 1.165) is 11.0 Å². The standard InChI is InChI=1S/C24H14N2/c1-3-15-5-8-18-20(24(15)26-12-1)9-6-16-13-17-7-10-23-19(4-2-11-25-23)22(17)14-21(16)18/h1-14H. The number of hydrogen-bond donors (Lipinski definition) is 0. The van der Waals surface area contributed by atoms with Gasteiger partial charge in [0.2, 0.25) is 0 Å². The monoisotopic (exact) mass is 330 g/mol. The van der Waals surface area contributed by atoms with Gasteiger partial charge in [0.25, 0.3) is 0 Å². The van der Waals surface area contributed by atoms with Crippen molar-refractivity contribution < 1.29 is 0 Å². The van der Waals surface area contributed by atoms with Crippen LogP contribution in [0.25, 0.3) is 54.1 Å². The molecule has 0 saturated heterocycles. The van der Waals surface area contributed by atoms with Crippen LogP contribution in [0.2, 0.25) is 0 Å². The summed E-state index contributed by atoms with van der Waals surface area (Å²) in [6.07, 6.45) is 3.72. The van der Waals surface area contributed by atoms with Gasteiger partial charge in [0.15, 0.2) is 0 Å². The number of rotatable bonds is 0. The third-order valence-electron chi connectivity index (χ3n) is 5.30. The van der Waals surface area contributed by atoms with Crippen LogP contribution in [-0.2, 0) is 0 Å². The van der Waals surface area contributed by atoms with Crippen LogP contribution in [0.4, 0.5) is 0 Å². The first-order valence-electron chi connectivity index (χ1n) is 8.76. The second-order valence-corrected chi connectivity index (χ2v) is 6.73. The zero-order valence-corrected chi connectivity index (χ0v) is 14.0. The average Bonchev–Trinajstić information content (AvgIpc) is 2.72. The summed E-state index contributed by atoms with van der Waals surface area (Å²) in [5.41, 5.74) is 2.10. The van der Waals surface area contributed by atoms with Crippen LogP contribution in [0.1, 0.15) is 0 Å². The largest absolute Gasteiger partial charge is 0.256 e. The van der Waals surface area contributed by atoms with E-state index in [-0.39, 0.29) is 0 Å². The molecule has 0 unspecified atom stereocenters. The third kappa shape index (κ3) is 1.81. The minimum absolute atomic E-state index is 1.03. The minimum atomic E-state index is 1.03. The highest BCUT2D eigenvalue weighted by atomic mass is 14.6. The van der Waals surface area contributed by atoms with Crippen molar-refractivity contribution in [3.05, 3.63) is 85.2 Å². The molecule has 0 N–H and O–H groups in total. The zero-order chi connectivity index (χ0) is 17.1. The molecule has 26 heavy (non-hydrogen) atoms. The fourth-order valence-corrected chi connectivity index (χ4v) is 4.07. The van der Waals surface area contributed by atoms with Crippen molar-refractivity contribution in [1.29, 1.82) is 0 Å². The smallest absolute Gasteiger partial charge is 0.0780 e. The SMILES string of the molecule is c1cnc2c(c1)ccc1c3cc4c(ccc5ncccc54)cc3ccc12. The predicted molar refractivity (Wildman–Crippen MR) is 110 cm³/mol. The maximum absolute atomic E-state index is 4.62. The van der Waals surface area contributed by atoms with Crippen LogP contribution in [0, 0.1) is 0 Å². The Labute approximate surface area is 149 Å². The maximum Gasteiger partial charge on any atom is 0.0780 e. The molecule has 6 aromatic rings. The molecular weight excluding hydrogens is 316 g/mol. The minimum Gasteiger partial charge on any atom is -0.256 e. The van der Waals surface area contributed by atoms with Crippen molar-refractivity contribution in [2.24, 2.45) is 0 Å². The Balaban J connectivity index is 1.84. The first-order valence-corrected chi connectivity index (χ1v) is 8.76. The van der Waals surface area contributed by atoms with Gasteiger partial charge < -0.3 is 0 Å². The van der Waals surface area contributed by atoms with Gasteiger partial charge in [-0.2, -0.15) is 0 Å². The van der Waals surface area contributed by atoms with Crippen LogP contribution >= 0.6 is 0 Å². The molecule has 2 aromatic heterocycles. The Morgan fingerprint density at radius 1 is 0.462 bits per heavy atom. The Morgan fingerprint density at radius 2 is 1.19 bits per heavy atom. The van der Waals surface area contributed by atoms with Gasteiger partial charge in [-0.3, -0.25) is 9.97 Å². The Hall–Kier alpha value is -3.52. The van der Waals surface area contributed by atoms with Gasteiger partial charge in [0.1, 0.15) is 0 Å². The van der Waals surface area contributed by atoms with E-state index in [1.165, 1.54) is 43.1 Å². The number of aromatic nitrogens is 2. The van der Waals surface area contributed by atoms with Crippen molar-refractivity contribution in [3.8, 4) is 0 Å². The van der Waals surface area contributed by atoms with Gasteiger partial charge in [-0.05, 0) is 57.3 Å². The molecule has 0 amide bonds. The summed E-state index contributed by atoms with van der Waals surface area (Å²) in [6, 6.07) is 25.9. The molecule has 0 fully saturated rings. The maximum atomic E-state index is 4.62. The molecule has 2 heteroatoms. The predicted octanol–water partition coefficient (Wildman–Crippen LogP) is 6.24. The molecule has 0 aliphatic heterocycles. The number of benzene rings is 4. The van der Waals surface area contributed by atoms with Crippen molar-refractivity contribution in [2.75, 3.05) is 0 Å². The number of fused-ring (bicyclic) bond motifs is 8. The summed E-state index contributed by atoms with van der Waals surface area (Å²) < 4.78 is 0. The molecule has 120 valence electrons. The van der Waals surface area contributed by atoms with Gasteiger partial charge >= 0.3 is 0 Å². The summed E-state index contributed by atoms with van der Waals surface area (Å²) in [5.74, 6) is 0. The van der Waals surface area contributed by atoms with E-state index in [0.29, 0.717) is 0 Å². The lowest BCUT2D eigenvalue weighted by molar-refractivity contribution is 1.42. The van der Waals surface area contributed by atoms with Gasteiger partial charge in [0.05, 0.1) is 11.0 Å². The normalized spacial score (nSPS) is 11.8. The molecule has 2 heterocycles. The molecular formula is C24H14N2. The van der Waals surface area contributed by atoms with Crippen LogP contribution in [0.3, 0.4) is 0 Å². The van der Waals surface area contributed by atoms with Crippen molar-refractivity contribution in [3.63, 3.8) is 0 Å². The lowest BCUT2D eigenvalue weighted by Gasteiger charge is -2.10. The molecule has 2 nitrogen and oxygen atoms in total. The van der Waals surface area contributed by atoms with Gasteiger partial charge in [-0.1, -0.05) is 42.5 Å². The highest BCUT2D eigenvalue weighted by Gasteiger charge is 2.08. The van der Waals surface area contributed by atoms with E-state index >= 15 is 0 Å². The van der Waals surface area contributed by atoms with Crippen molar-refractivity contribution in [1.82, 2.24) is 9.97 Å². The van der Waals surface area contributed by atoms with Crippen molar-refractivity contribution >= 4 is 54.1 Å². The molecule has 0 bridgehead atoms. The Morgan fingerprint density at radius 3 is 2.15 bits per heavy atom. The van der Waals surface area contributed by atoms with E-state index in [4.69, 9.17) is 0 Å². The highest BCUT2D eigenvalue weighted by Crippen LogP contribution is 2.34. The van der Waals surface area contributed by atoms with Crippen LogP contribution < -0.4 is 0 Å². The van der Waals surface area contributed by atoms with Gasteiger partial charge in [0, 0.05) is 28.6 Å². The molecule has 0 spiro atoms. The second kappa shape index (κ2) is 4.99. The summed E-state index contributed by atoms with van der Waals surface area (Å²) in [4.78, 5) is 9.12. The Kier molecular flexibility index (Phi) is 2.64. The fourth-order valence-electron chi connectivity index (χ4n) is 4.07. The lowest BCUT2D eigenvalue weighted by atomic mass is 9.95. The third-order valence-corrected chi connectivity index (χ3v) is 5.30. The fraction of sp³-hybridized carbons (Fsp3) is 0. The summed E-state index contributed by atoms with van der Waals surface area (Å²) in [6.45, 7) is 0. The van der Waals surface area contributed by atoms with E-state index in [1.807, 2.05) is 24.5 Å². The average molecular weight is 330 g/mol. The summed E-state index contributed by atoms with van der Waals surface area (Å²) in [5, 5.41) is 9.83. The van der Waals surface area contributed by atoms with E-state index in [1.54, 1.807) is 0 Å². The summed E-state index contributed by atoms with van der Waals surface area (Å²) in [7, 11) is 0. The molecule has 0 aliphatic rings. The van der Waals surface area contributed by atoms with Crippen LogP contribution in [0.5, 0.6) is 0 Å². The van der Waals surface area contributed by atoms with Crippen LogP contribution in [0.15, 0.2) is 85.2 Å². The first-order chi connectivity index (χ1) is 12.9.